The zero-order valence-corrected chi connectivity index (χ0v) is 7.14. The maximum absolute atomic E-state index is 10.7. The summed E-state index contributed by atoms with van der Waals surface area (Å²) in [7, 11) is 1.36. The summed E-state index contributed by atoms with van der Waals surface area (Å²) in [6.07, 6.45) is 0.224. The van der Waals surface area contributed by atoms with Gasteiger partial charge in [-0.25, -0.2) is 4.98 Å². The Kier molecular flexibility index (Phi) is 2.53. The molecular formula is C6H8N2O2S. The lowest BCUT2D eigenvalue weighted by Crippen LogP contribution is -2.03. The van der Waals surface area contributed by atoms with Crippen LogP contribution in [0.3, 0.4) is 0 Å². The van der Waals surface area contributed by atoms with Gasteiger partial charge in [0.05, 0.1) is 13.5 Å². The van der Waals surface area contributed by atoms with Crippen LogP contribution < -0.4 is 0 Å². The van der Waals surface area contributed by atoms with Crippen LogP contribution in [0.2, 0.25) is 0 Å². The van der Waals surface area contributed by atoms with Crippen LogP contribution >= 0.6 is 11.5 Å². The molecule has 1 aromatic rings. The molecule has 0 saturated carbocycles. The van der Waals surface area contributed by atoms with Crippen LogP contribution in [0, 0.1) is 6.92 Å². The van der Waals surface area contributed by atoms with E-state index in [2.05, 4.69) is 14.1 Å². The molecule has 0 aromatic carbocycles. The van der Waals surface area contributed by atoms with Crippen LogP contribution in [-0.2, 0) is 16.0 Å². The number of aromatic nitrogens is 2. The SMILES string of the molecule is COC(=O)Cc1nc(C)ns1. The summed E-state index contributed by atoms with van der Waals surface area (Å²) in [6.45, 7) is 1.79. The van der Waals surface area contributed by atoms with Gasteiger partial charge in [-0.05, 0) is 18.5 Å². The molecule has 0 aliphatic heterocycles. The number of hydrogen-bond acceptors (Lipinski definition) is 5. The predicted molar refractivity (Wildman–Crippen MR) is 40.4 cm³/mol. The maximum Gasteiger partial charge on any atom is 0.312 e. The number of hydrogen-bond donors (Lipinski definition) is 0. The highest BCUT2D eigenvalue weighted by Crippen LogP contribution is 2.04. The van der Waals surface area contributed by atoms with Crippen LogP contribution in [0.5, 0.6) is 0 Å². The van der Waals surface area contributed by atoms with Gasteiger partial charge in [-0.1, -0.05) is 0 Å². The Labute approximate surface area is 68.4 Å². The lowest BCUT2D eigenvalue weighted by atomic mass is 10.4. The number of rotatable bonds is 2. The Balaban J connectivity index is 2.57. The number of methoxy groups -OCH3 is 1. The normalized spacial score (nSPS) is 9.64. The highest BCUT2D eigenvalue weighted by atomic mass is 32.1. The molecule has 0 atom stereocenters. The molecule has 0 bridgehead atoms. The third kappa shape index (κ3) is 2.27. The lowest BCUT2D eigenvalue weighted by Gasteiger charge is -1.91. The van der Waals surface area contributed by atoms with E-state index >= 15 is 0 Å². The summed E-state index contributed by atoms with van der Waals surface area (Å²) >= 11 is 1.23. The average molecular weight is 172 g/mol. The molecule has 0 saturated heterocycles. The molecule has 0 spiro atoms. The Morgan fingerprint density at radius 3 is 2.91 bits per heavy atom. The summed E-state index contributed by atoms with van der Waals surface area (Å²) in [5.74, 6) is 0.426. The van der Waals surface area contributed by atoms with Gasteiger partial charge >= 0.3 is 5.97 Å². The van der Waals surface area contributed by atoms with Crippen molar-refractivity contribution < 1.29 is 9.53 Å². The van der Waals surface area contributed by atoms with Crippen molar-refractivity contribution >= 4 is 17.5 Å². The van der Waals surface area contributed by atoms with Gasteiger partial charge in [0.25, 0.3) is 0 Å². The minimum absolute atomic E-state index is 0.224. The molecule has 0 fully saturated rings. The van der Waals surface area contributed by atoms with Gasteiger partial charge in [0.15, 0.2) is 0 Å². The first-order valence-electron chi connectivity index (χ1n) is 3.08. The number of carbonyl (C=O) groups is 1. The van der Waals surface area contributed by atoms with Crippen molar-refractivity contribution in [3.8, 4) is 0 Å². The summed E-state index contributed by atoms with van der Waals surface area (Å²) < 4.78 is 8.39. The summed E-state index contributed by atoms with van der Waals surface area (Å²) in [4.78, 5) is 14.7. The van der Waals surface area contributed by atoms with Crippen LogP contribution in [-0.4, -0.2) is 22.4 Å². The quantitative estimate of drug-likeness (QED) is 0.612. The van der Waals surface area contributed by atoms with Crippen LogP contribution in [0.25, 0.3) is 0 Å². The van der Waals surface area contributed by atoms with Crippen molar-refractivity contribution in [2.24, 2.45) is 0 Å². The molecule has 0 unspecified atom stereocenters. The van der Waals surface area contributed by atoms with Crippen molar-refractivity contribution in [1.82, 2.24) is 9.36 Å². The van der Waals surface area contributed by atoms with E-state index in [1.54, 1.807) is 6.92 Å². The maximum atomic E-state index is 10.7. The van der Waals surface area contributed by atoms with Crippen molar-refractivity contribution in [3.63, 3.8) is 0 Å². The highest BCUT2D eigenvalue weighted by Gasteiger charge is 2.06. The minimum Gasteiger partial charge on any atom is -0.469 e. The second-order valence-corrected chi connectivity index (χ2v) is 2.82. The lowest BCUT2D eigenvalue weighted by molar-refractivity contribution is -0.139. The topological polar surface area (TPSA) is 52.1 Å². The fourth-order valence-electron chi connectivity index (χ4n) is 0.607. The van der Waals surface area contributed by atoms with E-state index in [0.717, 1.165) is 0 Å². The molecular weight excluding hydrogens is 164 g/mol. The molecule has 0 N–H and O–H groups in total. The minimum atomic E-state index is -0.277. The summed E-state index contributed by atoms with van der Waals surface area (Å²) in [5, 5.41) is 0.703. The van der Waals surface area contributed by atoms with Crippen LogP contribution in [0.4, 0.5) is 0 Å². The Bertz CT molecular complexity index is 259. The molecule has 1 heterocycles. The standard InChI is InChI=1S/C6H8N2O2S/c1-4-7-5(11-8-4)3-6(9)10-2/h3H2,1-2H3. The largest absolute Gasteiger partial charge is 0.469 e. The zero-order chi connectivity index (χ0) is 8.27. The monoisotopic (exact) mass is 172 g/mol. The molecule has 5 heteroatoms. The first-order valence-corrected chi connectivity index (χ1v) is 3.85. The number of nitrogens with zero attached hydrogens (tertiary/aromatic N) is 2. The summed E-state index contributed by atoms with van der Waals surface area (Å²) in [6, 6.07) is 0. The first-order chi connectivity index (χ1) is 5.22. The van der Waals surface area contributed by atoms with E-state index in [1.165, 1.54) is 18.6 Å². The van der Waals surface area contributed by atoms with E-state index in [-0.39, 0.29) is 12.4 Å². The molecule has 11 heavy (non-hydrogen) atoms. The number of ether oxygens (including phenoxy) is 1. The van der Waals surface area contributed by atoms with Crippen LogP contribution in [0.15, 0.2) is 0 Å². The van der Waals surface area contributed by atoms with Gasteiger partial charge in [0, 0.05) is 0 Å². The third-order valence-electron chi connectivity index (χ3n) is 1.09. The van der Waals surface area contributed by atoms with Gasteiger partial charge in [0.1, 0.15) is 10.8 Å². The van der Waals surface area contributed by atoms with Gasteiger partial charge in [-0.3, -0.25) is 4.79 Å². The average Bonchev–Trinajstić information content (AvgIpc) is 2.35. The van der Waals surface area contributed by atoms with E-state index in [0.29, 0.717) is 10.8 Å². The van der Waals surface area contributed by atoms with Gasteiger partial charge in [-0.15, -0.1) is 0 Å². The highest BCUT2D eigenvalue weighted by molar-refractivity contribution is 7.05. The summed E-state index contributed by atoms with van der Waals surface area (Å²) in [5.41, 5.74) is 0. The van der Waals surface area contributed by atoms with Gasteiger partial charge in [-0.2, -0.15) is 4.37 Å². The second kappa shape index (κ2) is 3.43. The van der Waals surface area contributed by atoms with Gasteiger partial charge < -0.3 is 4.74 Å². The Hall–Kier alpha value is -0.970. The van der Waals surface area contributed by atoms with Crippen molar-refractivity contribution in [2.45, 2.75) is 13.3 Å². The second-order valence-electron chi connectivity index (χ2n) is 1.99. The van der Waals surface area contributed by atoms with Crippen molar-refractivity contribution in [3.05, 3.63) is 10.8 Å². The van der Waals surface area contributed by atoms with Crippen molar-refractivity contribution in [1.29, 1.82) is 0 Å². The zero-order valence-electron chi connectivity index (χ0n) is 6.33. The molecule has 1 aromatic heterocycles. The predicted octanol–water partition coefficient (Wildman–Crippen LogP) is 0.562. The fourth-order valence-corrected chi connectivity index (χ4v) is 1.24. The molecule has 0 aliphatic carbocycles. The Morgan fingerprint density at radius 2 is 2.45 bits per heavy atom. The molecule has 0 amide bonds. The van der Waals surface area contributed by atoms with E-state index in [9.17, 15) is 4.79 Å². The number of esters is 1. The van der Waals surface area contributed by atoms with Crippen molar-refractivity contribution in [2.75, 3.05) is 7.11 Å². The van der Waals surface area contributed by atoms with Gasteiger partial charge in [0.2, 0.25) is 0 Å². The Morgan fingerprint density at radius 1 is 1.73 bits per heavy atom. The molecule has 4 nitrogen and oxygen atoms in total. The first kappa shape index (κ1) is 8.13. The van der Waals surface area contributed by atoms with E-state index in [4.69, 9.17) is 0 Å². The fraction of sp³-hybridized carbons (Fsp3) is 0.500. The molecule has 60 valence electrons. The van der Waals surface area contributed by atoms with Crippen LogP contribution in [0.1, 0.15) is 10.8 Å². The number of aryl methyl sites for hydroxylation is 1. The molecule has 0 radical (unpaired) electrons. The smallest absolute Gasteiger partial charge is 0.312 e. The van der Waals surface area contributed by atoms with E-state index in [1.807, 2.05) is 0 Å². The number of carbonyl (C=O) groups excluding carboxylic acids is 1. The van der Waals surface area contributed by atoms with E-state index < -0.39 is 0 Å². The molecule has 1 rings (SSSR count). The molecule has 0 aliphatic rings. The third-order valence-corrected chi connectivity index (χ3v) is 1.89.